The van der Waals surface area contributed by atoms with Gasteiger partial charge in [0.15, 0.2) is 0 Å². The Kier molecular flexibility index (Phi) is 10.4. The Labute approximate surface area is 151 Å². The number of unbranched alkanes of at least 4 members (excludes halogenated alkanes) is 1. The molecule has 1 rings (SSSR count). The van der Waals surface area contributed by atoms with Crippen molar-refractivity contribution in [1.29, 1.82) is 0 Å². The first-order chi connectivity index (χ1) is 10.5. The van der Waals surface area contributed by atoms with Crippen molar-refractivity contribution in [2.45, 2.75) is 52.7 Å². The molecule has 1 N–H and O–H groups in total. The smallest absolute Gasteiger partial charge is 0.148 e. The standard InChI is InChI=1S/C17H27Br2NO2/c1-4-5-8-21-9-6-7-20-12-14-10-15(18)17(16(19)11-14)22-13(2)3/h10-11,13,20H,4-9,12H2,1-3H3. The van der Waals surface area contributed by atoms with Crippen LogP contribution in [0.3, 0.4) is 0 Å². The van der Waals surface area contributed by atoms with Crippen LogP contribution in [0.1, 0.15) is 45.6 Å². The Hall–Kier alpha value is -0.100. The van der Waals surface area contributed by atoms with Crippen molar-refractivity contribution in [3.8, 4) is 5.75 Å². The van der Waals surface area contributed by atoms with Crippen LogP contribution < -0.4 is 10.1 Å². The molecule has 3 nitrogen and oxygen atoms in total. The molecule has 0 radical (unpaired) electrons. The van der Waals surface area contributed by atoms with Gasteiger partial charge in [-0.3, -0.25) is 0 Å². The van der Waals surface area contributed by atoms with Crippen molar-refractivity contribution in [1.82, 2.24) is 5.32 Å². The molecule has 0 aliphatic carbocycles. The Balaban J connectivity index is 2.32. The molecule has 0 saturated heterocycles. The SMILES string of the molecule is CCCCOCCCNCc1cc(Br)c(OC(C)C)c(Br)c1. The first kappa shape index (κ1) is 19.9. The number of ether oxygens (including phenoxy) is 2. The summed E-state index contributed by atoms with van der Waals surface area (Å²) in [4.78, 5) is 0. The average Bonchev–Trinajstić information content (AvgIpc) is 2.45. The summed E-state index contributed by atoms with van der Waals surface area (Å²) in [6.07, 6.45) is 3.55. The number of nitrogens with one attached hydrogen (secondary N) is 1. The summed E-state index contributed by atoms with van der Waals surface area (Å²) in [6, 6.07) is 4.21. The molecule has 0 fully saturated rings. The molecule has 5 heteroatoms. The third-order valence-corrected chi connectivity index (χ3v) is 4.20. The van der Waals surface area contributed by atoms with Gasteiger partial charge >= 0.3 is 0 Å². The van der Waals surface area contributed by atoms with E-state index in [0.29, 0.717) is 0 Å². The summed E-state index contributed by atoms with van der Waals surface area (Å²) in [6.45, 7) is 9.75. The lowest BCUT2D eigenvalue weighted by molar-refractivity contribution is 0.129. The maximum absolute atomic E-state index is 5.79. The topological polar surface area (TPSA) is 30.5 Å². The van der Waals surface area contributed by atoms with Gasteiger partial charge in [-0.15, -0.1) is 0 Å². The van der Waals surface area contributed by atoms with Crippen LogP contribution in [0.5, 0.6) is 5.75 Å². The largest absolute Gasteiger partial charge is 0.489 e. The summed E-state index contributed by atoms with van der Waals surface area (Å²) < 4.78 is 13.3. The van der Waals surface area contributed by atoms with E-state index in [2.05, 4.69) is 56.2 Å². The van der Waals surface area contributed by atoms with Crippen molar-refractivity contribution in [3.05, 3.63) is 26.6 Å². The highest BCUT2D eigenvalue weighted by atomic mass is 79.9. The van der Waals surface area contributed by atoms with Crippen molar-refractivity contribution in [2.75, 3.05) is 19.8 Å². The van der Waals surface area contributed by atoms with Gasteiger partial charge in [0.05, 0.1) is 15.0 Å². The van der Waals surface area contributed by atoms with Crippen LogP contribution >= 0.6 is 31.9 Å². The normalized spacial score (nSPS) is 11.2. The third kappa shape index (κ3) is 7.95. The van der Waals surface area contributed by atoms with E-state index in [1.807, 2.05) is 13.8 Å². The summed E-state index contributed by atoms with van der Waals surface area (Å²) in [7, 11) is 0. The number of hydrogen-bond acceptors (Lipinski definition) is 3. The first-order valence-electron chi connectivity index (χ1n) is 7.97. The highest BCUT2D eigenvalue weighted by Crippen LogP contribution is 2.35. The zero-order valence-corrected chi connectivity index (χ0v) is 16.9. The monoisotopic (exact) mass is 435 g/mol. The quantitative estimate of drug-likeness (QED) is 0.477. The van der Waals surface area contributed by atoms with Crippen LogP contribution in [-0.4, -0.2) is 25.9 Å². The molecule has 0 atom stereocenters. The fraction of sp³-hybridized carbons (Fsp3) is 0.647. The van der Waals surface area contributed by atoms with E-state index in [1.54, 1.807) is 0 Å². The van der Waals surface area contributed by atoms with Crippen LogP contribution in [0.4, 0.5) is 0 Å². The zero-order chi connectivity index (χ0) is 16.4. The Bertz CT molecular complexity index is 416. The molecule has 0 amide bonds. The second-order valence-electron chi connectivity index (χ2n) is 5.55. The summed E-state index contributed by atoms with van der Waals surface area (Å²) in [5.41, 5.74) is 1.22. The minimum absolute atomic E-state index is 0.157. The second kappa shape index (κ2) is 11.4. The summed E-state index contributed by atoms with van der Waals surface area (Å²) in [5, 5.41) is 3.44. The zero-order valence-electron chi connectivity index (χ0n) is 13.8. The molecular formula is C17H27Br2NO2. The number of rotatable bonds is 11. The predicted molar refractivity (Wildman–Crippen MR) is 99.7 cm³/mol. The van der Waals surface area contributed by atoms with Gasteiger partial charge in [-0.1, -0.05) is 13.3 Å². The number of halogens is 2. The van der Waals surface area contributed by atoms with Crippen molar-refractivity contribution < 1.29 is 9.47 Å². The molecule has 0 aliphatic rings. The van der Waals surface area contributed by atoms with Gasteiger partial charge in [0.25, 0.3) is 0 Å². The lowest BCUT2D eigenvalue weighted by Crippen LogP contribution is -2.16. The molecular weight excluding hydrogens is 410 g/mol. The highest BCUT2D eigenvalue weighted by molar-refractivity contribution is 9.11. The average molecular weight is 437 g/mol. The highest BCUT2D eigenvalue weighted by Gasteiger charge is 2.10. The van der Waals surface area contributed by atoms with E-state index in [-0.39, 0.29) is 6.10 Å². The predicted octanol–water partition coefficient (Wildman–Crippen LogP) is 5.30. The molecule has 0 aliphatic heterocycles. The van der Waals surface area contributed by atoms with Crippen molar-refractivity contribution >= 4 is 31.9 Å². The second-order valence-corrected chi connectivity index (χ2v) is 7.26. The maximum atomic E-state index is 5.79. The molecule has 1 aromatic rings. The Morgan fingerprint density at radius 2 is 1.73 bits per heavy atom. The lowest BCUT2D eigenvalue weighted by Gasteiger charge is -2.15. The van der Waals surface area contributed by atoms with E-state index in [9.17, 15) is 0 Å². The molecule has 0 saturated carbocycles. The summed E-state index contributed by atoms with van der Waals surface area (Å²) in [5.74, 6) is 0.864. The summed E-state index contributed by atoms with van der Waals surface area (Å²) >= 11 is 7.16. The van der Waals surface area contributed by atoms with Crippen molar-refractivity contribution in [2.24, 2.45) is 0 Å². The molecule has 0 heterocycles. The van der Waals surface area contributed by atoms with Crippen LogP contribution in [0.15, 0.2) is 21.1 Å². The van der Waals surface area contributed by atoms with Crippen molar-refractivity contribution in [3.63, 3.8) is 0 Å². The van der Waals surface area contributed by atoms with Crippen LogP contribution in [0.2, 0.25) is 0 Å². The Morgan fingerprint density at radius 3 is 2.32 bits per heavy atom. The minimum atomic E-state index is 0.157. The van der Waals surface area contributed by atoms with Gasteiger partial charge in [0.1, 0.15) is 5.75 Å². The van der Waals surface area contributed by atoms with Gasteiger partial charge < -0.3 is 14.8 Å². The van der Waals surface area contributed by atoms with Crippen LogP contribution in [0.25, 0.3) is 0 Å². The van der Waals surface area contributed by atoms with E-state index < -0.39 is 0 Å². The van der Waals surface area contributed by atoms with E-state index in [0.717, 1.165) is 53.8 Å². The van der Waals surface area contributed by atoms with Crippen LogP contribution in [-0.2, 0) is 11.3 Å². The molecule has 0 unspecified atom stereocenters. The molecule has 0 aromatic heterocycles. The number of benzene rings is 1. The Morgan fingerprint density at radius 1 is 1.09 bits per heavy atom. The number of hydrogen-bond donors (Lipinski definition) is 1. The molecule has 0 spiro atoms. The fourth-order valence-electron chi connectivity index (χ4n) is 1.94. The lowest BCUT2D eigenvalue weighted by atomic mass is 10.2. The van der Waals surface area contributed by atoms with Gasteiger partial charge in [-0.05, 0) is 82.8 Å². The fourth-order valence-corrected chi connectivity index (χ4v) is 3.41. The third-order valence-electron chi connectivity index (χ3n) is 3.03. The van der Waals surface area contributed by atoms with Gasteiger partial charge in [-0.25, -0.2) is 0 Å². The first-order valence-corrected chi connectivity index (χ1v) is 9.56. The van der Waals surface area contributed by atoms with Gasteiger partial charge in [0.2, 0.25) is 0 Å². The van der Waals surface area contributed by atoms with E-state index in [4.69, 9.17) is 9.47 Å². The molecule has 0 bridgehead atoms. The molecule has 22 heavy (non-hydrogen) atoms. The minimum Gasteiger partial charge on any atom is -0.489 e. The molecule has 1 aromatic carbocycles. The maximum Gasteiger partial charge on any atom is 0.148 e. The van der Waals surface area contributed by atoms with Gasteiger partial charge in [0, 0.05) is 19.8 Å². The van der Waals surface area contributed by atoms with E-state index >= 15 is 0 Å². The molecule has 126 valence electrons. The van der Waals surface area contributed by atoms with Gasteiger partial charge in [-0.2, -0.15) is 0 Å². The van der Waals surface area contributed by atoms with E-state index in [1.165, 1.54) is 12.0 Å². The van der Waals surface area contributed by atoms with Crippen LogP contribution in [0, 0.1) is 0 Å².